The summed E-state index contributed by atoms with van der Waals surface area (Å²) in [5.41, 5.74) is 4.90. The first-order chi connectivity index (χ1) is 17.7. The van der Waals surface area contributed by atoms with E-state index in [9.17, 15) is 19.6 Å². The van der Waals surface area contributed by atoms with Crippen LogP contribution in [0.5, 0.6) is 0 Å². The lowest BCUT2D eigenvalue weighted by atomic mass is 9.84. The van der Waals surface area contributed by atoms with Gasteiger partial charge in [0.2, 0.25) is 17.7 Å². The van der Waals surface area contributed by atoms with Crippen LogP contribution in [-0.2, 0) is 20.8 Å². The number of hydrogen-bond donors (Lipinski definition) is 4. The van der Waals surface area contributed by atoms with Crippen molar-refractivity contribution in [1.29, 1.82) is 0 Å². The number of likely N-dealkylation sites (N-methyl/N-ethyl adjacent to an activating group) is 1. The number of carbonyl (C=O) groups excluding carboxylic acids is 3. The van der Waals surface area contributed by atoms with Crippen LogP contribution in [0.15, 0.2) is 53.4 Å². The molecule has 2 rings (SSSR count). The van der Waals surface area contributed by atoms with Gasteiger partial charge in [0.15, 0.2) is 0 Å². The maximum absolute atomic E-state index is 13.5. The SMILES string of the molecule is C#C.CNC(=O)C(Cc1ccccc1)NC(=O)C(CC(C)C)C(CSc1ccc(C)cc1C)C(=O)NO. The van der Waals surface area contributed by atoms with Gasteiger partial charge in [-0.2, -0.15) is 0 Å². The highest BCUT2D eigenvalue weighted by Gasteiger charge is 2.36. The van der Waals surface area contributed by atoms with Crippen molar-refractivity contribution in [3.63, 3.8) is 0 Å². The molecular formula is C29H39N3O4S. The van der Waals surface area contributed by atoms with Gasteiger partial charge in [0, 0.05) is 24.1 Å². The second-order valence-electron chi connectivity index (χ2n) is 9.26. The monoisotopic (exact) mass is 525 g/mol. The maximum Gasteiger partial charge on any atom is 0.248 e. The number of amides is 3. The van der Waals surface area contributed by atoms with Gasteiger partial charge in [-0.1, -0.05) is 61.9 Å². The van der Waals surface area contributed by atoms with Crippen molar-refractivity contribution in [2.45, 2.75) is 51.5 Å². The summed E-state index contributed by atoms with van der Waals surface area (Å²) in [4.78, 5) is 39.9. The minimum absolute atomic E-state index is 0.124. The molecule has 0 saturated carbocycles. The van der Waals surface area contributed by atoms with Crippen molar-refractivity contribution in [1.82, 2.24) is 16.1 Å². The van der Waals surface area contributed by atoms with E-state index in [4.69, 9.17) is 0 Å². The summed E-state index contributed by atoms with van der Waals surface area (Å²) in [6.45, 7) is 7.98. The molecule has 0 aromatic heterocycles. The molecule has 0 aliphatic carbocycles. The lowest BCUT2D eigenvalue weighted by Crippen LogP contribution is -2.51. The minimum Gasteiger partial charge on any atom is -0.357 e. The standard InChI is InChI=1S/C27H37N3O4S.C2H2/c1-17(2)13-21(22(26(32)30-34)16-35-24-12-11-18(3)14-19(24)4)25(31)29-23(27(33)28-5)15-20-9-7-6-8-10-20;1-2/h6-12,14,17,21-23,34H,13,15-16H2,1-5H3,(H,28,33)(H,29,31)(H,30,32);1-2H. The van der Waals surface area contributed by atoms with Crippen LogP contribution in [0.2, 0.25) is 0 Å². The number of aryl methyl sites for hydroxylation is 2. The van der Waals surface area contributed by atoms with E-state index >= 15 is 0 Å². The smallest absolute Gasteiger partial charge is 0.248 e. The van der Waals surface area contributed by atoms with E-state index in [0.717, 1.165) is 21.6 Å². The fourth-order valence-electron chi connectivity index (χ4n) is 4.07. The molecule has 0 saturated heterocycles. The Morgan fingerprint density at radius 1 is 0.946 bits per heavy atom. The molecule has 2 aromatic rings. The average molecular weight is 526 g/mol. The molecule has 0 bridgehead atoms. The molecule has 0 aliphatic rings. The predicted molar refractivity (Wildman–Crippen MR) is 149 cm³/mol. The summed E-state index contributed by atoms with van der Waals surface area (Å²) in [5, 5.41) is 14.9. The molecule has 0 heterocycles. The Hall–Kier alpha value is -3.28. The second-order valence-corrected chi connectivity index (χ2v) is 10.3. The van der Waals surface area contributed by atoms with Crippen LogP contribution < -0.4 is 16.1 Å². The Balaban J connectivity index is 0.00000334. The van der Waals surface area contributed by atoms with Crippen LogP contribution in [0.1, 0.15) is 37.0 Å². The summed E-state index contributed by atoms with van der Waals surface area (Å²) in [7, 11) is 1.53. The molecule has 3 atom stereocenters. The van der Waals surface area contributed by atoms with E-state index in [2.05, 4.69) is 29.5 Å². The molecule has 4 N–H and O–H groups in total. The van der Waals surface area contributed by atoms with Crippen molar-refractivity contribution in [3.05, 3.63) is 65.2 Å². The summed E-state index contributed by atoms with van der Waals surface area (Å²) in [5.74, 6) is -2.36. The van der Waals surface area contributed by atoms with E-state index in [0.29, 0.717) is 18.6 Å². The molecule has 0 fully saturated rings. The Labute approximate surface area is 225 Å². The van der Waals surface area contributed by atoms with Gasteiger partial charge in [-0.15, -0.1) is 24.6 Å². The van der Waals surface area contributed by atoms with Gasteiger partial charge >= 0.3 is 0 Å². The molecular weight excluding hydrogens is 486 g/mol. The largest absolute Gasteiger partial charge is 0.357 e. The van der Waals surface area contributed by atoms with E-state index in [1.807, 2.05) is 70.2 Å². The summed E-state index contributed by atoms with van der Waals surface area (Å²) in [6, 6.07) is 14.7. The zero-order valence-electron chi connectivity index (χ0n) is 22.3. The third kappa shape index (κ3) is 10.3. The number of hydroxylamine groups is 1. The quantitative estimate of drug-likeness (QED) is 0.146. The maximum atomic E-state index is 13.5. The molecule has 0 spiro atoms. The summed E-state index contributed by atoms with van der Waals surface area (Å²) >= 11 is 1.48. The van der Waals surface area contributed by atoms with Gasteiger partial charge < -0.3 is 10.6 Å². The Kier molecular flexibility index (Phi) is 14.1. The zero-order chi connectivity index (χ0) is 28.0. The number of terminal acetylenes is 1. The number of benzene rings is 2. The zero-order valence-corrected chi connectivity index (χ0v) is 23.1. The van der Waals surface area contributed by atoms with Crippen molar-refractivity contribution in [2.24, 2.45) is 17.8 Å². The van der Waals surface area contributed by atoms with Gasteiger partial charge in [0.1, 0.15) is 6.04 Å². The van der Waals surface area contributed by atoms with Crippen molar-refractivity contribution >= 4 is 29.5 Å². The molecule has 3 unspecified atom stereocenters. The molecule has 2 aromatic carbocycles. The average Bonchev–Trinajstić information content (AvgIpc) is 2.89. The first kappa shape index (κ1) is 31.7. The van der Waals surface area contributed by atoms with Gasteiger partial charge in [-0.3, -0.25) is 19.6 Å². The second kappa shape index (κ2) is 16.5. The highest BCUT2D eigenvalue weighted by atomic mass is 32.2. The molecule has 7 nitrogen and oxygen atoms in total. The molecule has 200 valence electrons. The van der Waals surface area contributed by atoms with Crippen LogP contribution in [0, 0.1) is 44.4 Å². The van der Waals surface area contributed by atoms with Crippen LogP contribution in [-0.4, -0.2) is 41.8 Å². The molecule has 0 radical (unpaired) electrons. The topological polar surface area (TPSA) is 108 Å². The Bertz CT molecular complexity index is 1040. The minimum atomic E-state index is -0.783. The summed E-state index contributed by atoms with van der Waals surface area (Å²) in [6.07, 6.45) is 8.76. The Morgan fingerprint density at radius 2 is 1.59 bits per heavy atom. The van der Waals surface area contributed by atoms with Gasteiger partial charge in [0.25, 0.3) is 0 Å². The summed E-state index contributed by atoms with van der Waals surface area (Å²) < 4.78 is 0. The fourth-order valence-corrected chi connectivity index (χ4v) is 5.27. The van der Waals surface area contributed by atoms with Crippen LogP contribution >= 0.6 is 11.8 Å². The van der Waals surface area contributed by atoms with Crippen LogP contribution in [0.3, 0.4) is 0 Å². The third-order valence-electron chi connectivity index (χ3n) is 5.91. The fraction of sp³-hybridized carbons (Fsp3) is 0.414. The highest BCUT2D eigenvalue weighted by molar-refractivity contribution is 7.99. The van der Waals surface area contributed by atoms with Gasteiger partial charge in [0.05, 0.1) is 11.8 Å². The van der Waals surface area contributed by atoms with E-state index in [1.165, 1.54) is 18.8 Å². The van der Waals surface area contributed by atoms with Crippen molar-refractivity contribution in [2.75, 3.05) is 12.8 Å². The Morgan fingerprint density at radius 3 is 2.14 bits per heavy atom. The molecule has 37 heavy (non-hydrogen) atoms. The van der Waals surface area contributed by atoms with Crippen molar-refractivity contribution < 1.29 is 19.6 Å². The number of hydrogen-bond acceptors (Lipinski definition) is 5. The van der Waals surface area contributed by atoms with E-state index < -0.39 is 23.8 Å². The van der Waals surface area contributed by atoms with E-state index in [-0.39, 0.29) is 17.7 Å². The normalized spacial score (nSPS) is 12.9. The molecule has 0 aliphatic heterocycles. The molecule has 3 amide bonds. The van der Waals surface area contributed by atoms with Gasteiger partial charge in [-0.25, -0.2) is 5.48 Å². The number of thioether (sulfide) groups is 1. The van der Waals surface area contributed by atoms with Crippen LogP contribution in [0.25, 0.3) is 0 Å². The number of carbonyl (C=O) groups is 3. The lowest BCUT2D eigenvalue weighted by Gasteiger charge is -2.28. The van der Waals surface area contributed by atoms with Crippen molar-refractivity contribution in [3.8, 4) is 12.8 Å². The third-order valence-corrected chi connectivity index (χ3v) is 7.20. The van der Waals surface area contributed by atoms with E-state index in [1.54, 1.807) is 5.48 Å². The van der Waals surface area contributed by atoms with Gasteiger partial charge in [-0.05, 0) is 43.4 Å². The predicted octanol–water partition coefficient (Wildman–Crippen LogP) is 3.90. The van der Waals surface area contributed by atoms with Crippen LogP contribution in [0.4, 0.5) is 0 Å². The first-order valence-electron chi connectivity index (χ1n) is 12.2. The highest BCUT2D eigenvalue weighted by Crippen LogP contribution is 2.31. The number of nitrogens with one attached hydrogen (secondary N) is 3. The molecule has 8 heteroatoms. The lowest BCUT2D eigenvalue weighted by molar-refractivity contribution is -0.140. The number of rotatable bonds is 12. The first-order valence-corrected chi connectivity index (χ1v) is 13.2.